The molecule has 3 heteroatoms. The molecule has 1 aliphatic rings. The Kier molecular flexibility index (Phi) is 6.31. The molecular weight excluding hydrogens is 248 g/mol. The van der Waals surface area contributed by atoms with Crippen molar-refractivity contribution in [3.05, 3.63) is 23.9 Å². The van der Waals surface area contributed by atoms with Gasteiger partial charge in [-0.15, -0.1) is 0 Å². The van der Waals surface area contributed by atoms with E-state index >= 15 is 0 Å². The number of rotatable bonds is 10. The van der Waals surface area contributed by atoms with Gasteiger partial charge in [-0.05, 0) is 30.7 Å². The Labute approximate surface area is 123 Å². The van der Waals surface area contributed by atoms with E-state index < -0.39 is 0 Å². The number of hydrogen-bond acceptors (Lipinski definition) is 3. The monoisotopic (exact) mass is 276 g/mol. The van der Waals surface area contributed by atoms with Crippen LogP contribution in [0.25, 0.3) is 0 Å². The third kappa shape index (κ3) is 5.49. The zero-order chi connectivity index (χ0) is 14.2. The van der Waals surface area contributed by atoms with Crippen LogP contribution in [-0.4, -0.2) is 17.6 Å². The average molecular weight is 276 g/mol. The largest absolute Gasteiger partial charge is 0.477 e. The van der Waals surface area contributed by atoms with Gasteiger partial charge in [-0.25, -0.2) is 4.98 Å². The van der Waals surface area contributed by atoms with Crippen LogP contribution in [0.4, 0.5) is 0 Å². The summed E-state index contributed by atoms with van der Waals surface area (Å²) in [6.07, 6.45) is 9.57. The van der Waals surface area contributed by atoms with Crippen LogP contribution in [0, 0.1) is 5.92 Å². The van der Waals surface area contributed by atoms with E-state index in [0.29, 0.717) is 5.92 Å². The molecule has 1 N–H and O–H groups in total. The van der Waals surface area contributed by atoms with Gasteiger partial charge in [0.1, 0.15) is 0 Å². The molecule has 1 saturated carbocycles. The molecule has 1 heterocycles. The molecule has 0 spiro atoms. The summed E-state index contributed by atoms with van der Waals surface area (Å²) in [5, 5.41) is 3.49. The fourth-order valence-electron chi connectivity index (χ4n) is 2.25. The maximum Gasteiger partial charge on any atom is 0.213 e. The lowest BCUT2D eigenvalue weighted by Gasteiger charge is -2.15. The van der Waals surface area contributed by atoms with Crippen molar-refractivity contribution < 1.29 is 4.74 Å². The van der Waals surface area contributed by atoms with Crippen molar-refractivity contribution >= 4 is 0 Å². The lowest BCUT2D eigenvalue weighted by molar-refractivity contribution is 0.226. The van der Waals surface area contributed by atoms with Crippen LogP contribution in [0.15, 0.2) is 18.3 Å². The van der Waals surface area contributed by atoms with E-state index in [2.05, 4.69) is 30.2 Å². The Morgan fingerprint density at radius 3 is 2.80 bits per heavy atom. The lowest BCUT2D eigenvalue weighted by atomic mass is 10.0. The summed E-state index contributed by atoms with van der Waals surface area (Å²) >= 11 is 0. The summed E-state index contributed by atoms with van der Waals surface area (Å²) in [4.78, 5) is 4.40. The van der Waals surface area contributed by atoms with Crippen LogP contribution in [0.2, 0.25) is 0 Å². The minimum atomic E-state index is 0.660. The molecule has 0 bridgehead atoms. The number of nitrogens with one attached hydrogen (secondary N) is 1. The van der Waals surface area contributed by atoms with Crippen molar-refractivity contribution in [3.63, 3.8) is 0 Å². The molecule has 0 aromatic carbocycles. The fraction of sp³-hybridized carbons (Fsp3) is 0.706. The first-order valence-electron chi connectivity index (χ1n) is 8.13. The van der Waals surface area contributed by atoms with E-state index in [1.807, 2.05) is 12.3 Å². The standard InChI is InChI=1S/C17H28N2O/c1-3-5-6-14(4-2)13-20-17-10-7-15(12-19-17)11-18-16-8-9-16/h7,10,12,14,16,18H,3-6,8-9,11,13H2,1-2H3. The summed E-state index contributed by atoms with van der Waals surface area (Å²) < 4.78 is 5.82. The maximum absolute atomic E-state index is 5.82. The highest BCUT2D eigenvalue weighted by atomic mass is 16.5. The molecule has 112 valence electrons. The zero-order valence-electron chi connectivity index (χ0n) is 12.9. The molecule has 1 aliphatic carbocycles. The van der Waals surface area contributed by atoms with Gasteiger partial charge in [0.15, 0.2) is 0 Å². The number of pyridine rings is 1. The van der Waals surface area contributed by atoms with Crippen molar-refractivity contribution in [1.29, 1.82) is 0 Å². The van der Waals surface area contributed by atoms with Crippen LogP contribution in [0.5, 0.6) is 5.88 Å². The third-order valence-corrected chi connectivity index (χ3v) is 3.98. The molecule has 0 radical (unpaired) electrons. The minimum Gasteiger partial charge on any atom is -0.477 e. The SMILES string of the molecule is CCCCC(CC)COc1ccc(CNC2CC2)cn1. The number of ether oxygens (including phenoxy) is 1. The first-order valence-corrected chi connectivity index (χ1v) is 8.13. The van der Waals surface area contributed by atoms with E-state index in [9.17, 15) is 0 Å². The van der Waals surface area contributed by atoms with Gasteiger partial charge in [-0.3, -0.25) is 0 Å². The molecule has 2 rings (SSSR count). The maximum atomic E-state index is 5.82. The molecule has 0 aliphatic heterocycles. The van der Waals surface area contributed by atoms with E-state index in [1.165, 1.54) is 44.1 Å². The third-order valence-electron chi connectivity index (χ3n) is 3.98. The summed E-state index contributed by atoms with van der Waals surface area (Å²) in [5.41, 5.74) is 1.24. The van der Waals surface area contributed by atoms with Crippen LogP contribution in [0.1, 0.15) is 57.9 Å². The smallest absolute Gasteiger partial charge is 0.213 e. The van der Waals surface area contributed by atoms with Gasteiger partial charge in [0.25, 0.3) is 0 Å². The number of unbranched alkanes of at least 4 members (excludes halogenated alkanes) is 1. The van der Waals surface area contributed by atoms with Crippen molar-refractivity contribution in [2.45, 2.75) is 65.0 Å². The first-order chi connectivity index (χ1) is 9.81. The van der Waals surface area contributed by atoms with Crippen LogP contribution >= 0.6 is 0 Å². The highest BCUT2D eigenvalue weighted by Gasteiger charge is 2.19. The van der Waals surface area contributed by atoms with Crippen LogP contribution < -0.4 is 10.1 Å². The second kappa shape index (κ2) is 8.25. The van der Waals surface area contributed by atoms with E-state index in [4.69, 9.17) is 4.74 Å². The predicted molar refractivity (Wildman–Crippen MR) is 82.9 cm³/mol. The average Bonchev–Trinajstić information content (AvgIpc) is 3.31. The van der Waals surface area contributed by atoms with E-state index in [-0.39, 0.29) is 0 Å². The summed E-state index contributed by atoms with van der Waals surface area (Å²) in [7, 11) is 0. The number of aromatic nitrogens is 1. The van der Waals surface area contributed by atoms with Gasteiger partial charge >= 0.3 is 0 Å². The minimum absolute atomic E-state index is 0.660. The highest BCUT2D eigenvalue weighted by molar-refractivity contribution is 5.17. The van der Waals surface area contributed by atoms with Crippen LogP contribution in [0.3, 0.4) is 0 Å². The van der Waals surface area contributed by atoms with Crippen molar-refractivity contribution in [2.24, 2.45) is 5.92 Å². The van der Waals surface area contributed by atoms with E-state index in [1.54, 1.807) is 0 Å². The van der Waals surface area contributed by atoms with Crippen molar-refractivity contribution in [1.82, 2.24) is 10.3 Å². The Morgan fingerprint density at radius 2 is 2.20 bits per heavy atom. The van der Waals surface area contributed by atoms with Gasteiger partial charge < -0.3 is 10.1 Å². The fourth-order valence-corrected chi connectivity index (χ4v) is 2.25. The predicted octanol–water partition coefficient (Wildman–Crippen LogP) is 3.93. The van der Waals surface area contributed by atoms with Gasteiger partial charge in [0, 0.05) is 24.8 Å². The number of hydrogen-bond donors (Lipinski definition) is 1. The zero-order valence-corrected chi connectivity index (χ0v) is 12.9. The second-order valence-corrected chi connectivity index (χ2v) is 5.89. The Hall–Kier alpha value is -1.09. The molecule has 1 aromatic heterocycles. The Morgan fingerprint density at radius 1 is 1.35 bits per heavy atom. The summed E-state index contributed by atoms with van der Waals surface area (Å²) in [5.74, 6) is 1.42. The van der Waals surface area contributed by atoms with Gasteiger partial charge in [0.2, 0.25) is 5.88 Å². The molecule has 1 atom stereocenters. The van der Waals surface area contributed by atoms with Gasteiger partial charge in [0.05, 0.1) is 6.61 Å². The van der Waals surface area contributed by atoms with Crippen molar-refractivity contribution in [3.8, 4) is 5.88 Å². The summed E-state index contributed by atoms with van der Waals surface area (Å²) in [6, 6.07) is 4.86. The molecular formula is C17H28N2O. The molecule has 1 unspecified atom stereocenters. The molecule has 20 heavy (non-hydrogen) atoms. The highest BCUT2D eigenvalue weighted by Crippen LogP contribution is 2.19. The quantitative estimate of drug-likeness (QED) is 0.703. The van der Waals surface area contributed by atoms with Crippen LogP contribution in [-0.2, 0) is 6.54 Å². The molecule has 3 nitrogen and oxygen atoms in total. The normalized spacial score (nSPS) is 16.1. The summed E-state index contributed by atoms with van der Waals surface area (Å²) in [6.45, 7) is 6.20. The molecule has 0 amide bonds. The van der Waals surface area contributed by atoms with Gasteiger partial charge in [-0.2, -0.15) is 0 Å². The van der Waals surface area contributed by atoms with E-state index in [0.717, 1.165) is 25.1 Å². The molecule has 1 aromatic rings. The van der Waals surface area contributed by atoms with Crippen molar-refractivity contribution in [2.75, 3.05) is 6.61 Å². The topological polar surface area (TPSA) is 34.1 Å². The van der Waals surface area contributed by atoms with Gasteiger partial charge in [-0.1, -0.05) is 39.2 Å². The Bertz CT molecular complexity index is 373. The second-order valence-electron chi connectivity index (χ2n) is 5.89. The first kappa shape index (κ1) is 15.3. The molecule has 0 saturated heterocycles. The Balaban J connectivity index is 1.71. The molecule has 1 fully saturated rings. The lowest BCUT2D eigenvalue weighted by Crippen LogP contribution is -2.15. The number of nitrogens with zero attached hydrogens (tertiary/aromatic N) is 1.